The van der Waals surface area contributed by atoms with Crippen LogP contribution < -0.4 is 0 Å². The van der Waals surface area contributed by atoms with E-state index < -0.39 is 12.2 Å². The van der Waals surface area contributed by atoms with Crippen molar-refractivity contribution in [1.29, 1.82) is 0 Å². The van der Waals surface area contributed by atoms with Gasteiger partial charge in [-0.05, 0) is 10.0 Å². The maximum atomic E-state index is 9.92. The second-order valence-electron chi connectivity index (χ2n) is 4.26. The molecule has 0 saturated heterocycles. The Morgan fingerprint density at radius 2 is 1.50 bits per heavy atom. The summed E-state index contributed by atoms with van der Waals surface area (Å²) in [6.07, 6.45) is 1.04. The van der Waals surface area contributed by atoms with Gasteiger partial charge in [0.2, 0.25) is 0 Å². The van der Waals surface area contributed by atoms with E-state index in [-0.39, 0.29) is 17.8 Å². The van der Waals surface area contributed by atoms with Gasteiger partial charge in [-0.3, -0.25) is 0 Å². The van der Waals surface area contributed by atoms with Crippen molar-refractivity contribution in [2.75, 3.05) is 0 Å². The first-order valence-electron chi connectivity index (χ1n) is 5.04. The number of hydrogen-bond donors (Lipinski definition) is 2. The van der Waals surface area contributed by atoms with Crippen molar-refractivity contribution in [3.63, 3.8) is 0 Å². The molecule has 4 atom stereocenters. The Labute approximate surface area is 101 Å². The summed E-state index contributed by atoms with van der Waals surface area (Å²) in [5, 5.41) is 19.7. The average molecular weight is 312 g/mol. The van der Waals surface area contributed by atoms with Gasteiger partial charge in [-0.15, -0.1) is 0 Å². The molecule has 0 aliphatic heterocycles. The third-order valence-corrected chi connectivity index (χ3v) is 3.09. The Balaban J connectivity index is 4.30. The molecule has 14 heavy (non-hydrogen) atoms. The quantitative estimate of drug-likeness (QED) is 0.766. The molecule has 0 saturated carbocycles. The third kappa shape index (κ3) is 4.28. The van der Waals surface area contributed by atoms with Crippen LogP contribution in [0.15, 0.2) is 10.2 Å². The molecule has 0 aromatic carbocycles. The Morgan fingerprint density at radius 3 is 1.86 bits per heavy atom. The van der Waals surface area contributed by atoms with Crippen molar-refractivity contribution >= 4 is 22.6 Å². The van der Waals surface area contributed by atoms with Crippen molar-refractivity contribution in [3.8, 4) is 0 Å². The summed E-state index contributed by atoms with van der Waals surface area (Å²) in [6.45, 7) is 7.79. The van der Waals surface area contributed by atoms with Gasteiger partial charge in [-0.25, -0.2) is 0 Å². The van der Waals surface area contributed by atoms with Crippen LogP contribution in [0.4, 0.5) is 0 Å². The van der Waals surface area contributed by atoms with Crippen LogP contribution in [0, 0.1) is 17.8 Å². The van der Waals surface area contributed by atoms with Gasteiger partial charge in [0.1, 0.15) is 0 Å². The minimum Gasteiger partial charge on any atom is -0.392 e. The zero-order valence-electron chi connectivity index (χ0n) is 9.31. The highest BCUT2D eigenvalue weighted by Gasteiger charge is 2.27. The van der Waals surface area contributed by atoms with E-state index in [4.69, 9.17) is 0 Å². The first-order chi connectivity index (χ1) is 6.41. The standard InChI is InChI=1S/C11H21IO2/c1-7(2)10(13)9(4)11(14)8(3)5-6-12/h5-11,13-14H,1-4H3/b6-5+/t8-,9-,10-,11-/m0/s1. The molecule has 0 spiro atoms. The fourth-order valence-corrected chi connectivity index (χ4v) is 2.17. The molecule has 2 nitrogen and oxygen atoms in total. The molecule has 0 fully saturated rings. The van der Waals surface area contributed by atoms with E-state index in [2.05, 4.69) is 22.6 Å². The number of aliphatic hydroxyl groups is 2. The topological polar surface area (TPSA) is 40.5 Å². The lowest BCUT2D eigenvalue weighted by molar-refractivity contribution is -0.0165. The minimum atomic E-state index is -0.474. The summed E-state index contributed by atoms with van der Waals surface area (Å²) in [5.41, 5.74) is 0. The monoisotopic (exact) mass is 312 g/mol. The van der Waals surface area contributed by atoms with Gasteiger partial charge >= 0.3 is 0 Å². The molecule has 0 aromatic rings. The highest BCUT2D eigenvalue weighted by molar-refractivity contribution is 14.1. The predicted molar refractivity (Wildman–Crippen MR) is 68.3 cm³/mol. The van der Waals surface area contributed by atoms with Crippen LogP contribution in [0.25, 0.3) is 0 Å². The van der Waals surface area contributed by atoms with Crippen molar-refractivity contribution in [3.05, 3.63) is 10.2 Å². The number of halogens is 1. The van der Waals surface area contributed by atoms with E-state index in [1.807, 2.05) is 37.9 Å². The lowest BCUT2D eigenvalue weighted by Gasteiger charge is -2.29. The van der Waals surface area contributed by atoms with Crippen molar-refractivity contribution in [2.24, 2.45) is 17.8 Å². The zero-order chi connectivity index (χ0) is 11.3. The molecular formula is C11H21IO2. The summed E-state index contributed by atoms with van der Waals surface area (Å²) < 4.78 is 1.90. The minimum absolute atomic E-state index is 0.0856. The van der Waals surface area contributed by atoms with E-state index >= 15 is 0 Å². The van der Waals surface area contributed by atoms with Crippen molar-refractivity contribution < 1.29 is 10.2 Å². The summed E-state index contributed by atoms with van der Waals surface area (Å²) in [5.74, 6) is 0.198. The first-order valence-corrected chi connectivity index (χ1v) is 6.29. The van der Waals surface area contributed by atoms with Crippen LogP contribution in [-0.2, 0) is 0 Å². The van der Waals surface area contributed by atoms with E-state index in [0.717, 1.165) is 0 Å². The number of aliphatic hydroxyl groups excluding tert-OH is 2. The lowest BCUT2D eigenvalue weighted by atomic mass is 9.85. The van der Waals surface area contributed by atoms with Gasteiger partial charge in [0, 0.05) is 11.8 Å². The van der Waals surface area contributed by atoms with Gasteiger partial charge < -0.3 is 10.2 Å². The highest BCUT2D eigenvalue weighted by atomic mass is 127. The van der Waals surface area contributed by atoms with Gasteiger partial charge in [0.15, 0.2) is 0 Å². The molecule has 0 bridgehead atoms. The SMILES string of the molecule is CC(C)[C@H](O)[C@H](C)[C@@H](O)[C@@H](C)/C=C/I. The van der Waals surface area contributed by atoms with Gasteiger partial charge in [-0.1, -0.05) is 56.4 Å². The molecule has 0 unspecified atom stereocenters. The van der Waals surface area contributed by atoms with E-state index in [0.29, 0.717) is 0 Å². The van der Waals surface area contributed by atoms with Gasteiger partial charge in [0.05, 0.1) is 12.2 Å². The first kappa shape index (κ1) is 14.4. The van der Waals surface area contributed by atoms with Crippen LogP contribution in [0.1, 0.15) is 27.7 Å². The second kappa shape index (κ2) is 6.80. The number of hydrogen-bond acceptors (Lipinski definition) is 2. The van der Waals surface area contributed by atoms with Gasteiger partial charge in [-0.2, -0.15) is 0 Å². The van der Waals surface area contributed by atoms with Crippen molar-refractivity contribution in [1.82, 2.24) is 0 Å². The Morgan fingerprint density at radius 1 is 1.00 bits per heavy atom. The second-order valence-corrected chi connectivity index (χ2v) is 4.98. The normalized spacial score (nSPS) is 21.1. The molecule has 0 aromatic heterocycles. The molecule has 2 N–H and O–H groups in total. The van der Waals surface area contributed by atoms with Crippen LogP contribution in [0.3, 0.4) is 0 Å². The molecule has 84 valence electrons. The molecular weight excluding hydrogens is 291 g/mol. The summed E-state index contributed by atoms with van der Waals surface area (Å²) in [7, 11) is 0. The van der Waals surface area contributed by atoms with E-state index in [9.17, 15) is 10.2 Å². The summed E-state index contributed by atoms with van der Waals surface area (Å²) in [6, 6.07) is 0. The fourth-order valence-electron chi connectivity index (χ4n) is 1.52. The molecule has 0 rings (SSSR count). The lowest BCUT2D eigenvalue weighted by Crippen LogP contribution is -2.36. The Kier molecular flexibility index (Phi) is 6.99. The molecule has 0 aliphatic carbocycles. The summed E-state index contributed by atoms with van der Waals surface area (Å²) in [4.78, 5) is 0. The highest BCUT2D eigenvalue weighted by Crippen LogP contribution is 2.22. The molecule has 3 heteroatoms. The zero-order valence-corrected chi connectivity index (χ0v) is 11.5. The van der Waals surface area contributed by atoms with Crippen LogP contribution >= 0.6 is 22.6 Å². The van der Waals surface area contributed by atoms with E-state index in [1.165, 1.54) is 0 Å². The van der Waals surface area contributed by atoms with Crippen LogP contribution in [0.5, 0.6) is 0 Å². The maximum absolute atomic E-state index is 9.92. The molecule has 0 heterocycles. The molecule has 0 amide bonds. The molecule has 0 aliphatic rings. The smallest absolute Gasteiger partial charge is 0.0650 e. The predicted octanol–water partition coefficient (Wildman–Crippen LogP) is 2.59. The van der Waals surface area contributed by atoms with E-state index in [1.54, 1.807) is 0 Å². The maximum Gasteiger partial charge on any atom is 0.0650 e. The van der Waals surface area contributed by atoms with Gasteiger partial charge in [0.25, 0.3) is 0 Å². The number of rotatable bonds is 5. The average Bonchev–Trinajstić information content (AvgIpc) is 2.14. The van der Waals surface area contributed by atoms with Crippen LogP contribution in [0.2, 0.25) is 0 Å². The third-order valence-electron chi connectivity index (χ3n) is 2.68. The summed E-state index contributed by atoms with van der Waals surface area (Å²) >= 11 is 2.14. The Bertz CT molecular complexity index is 180. The Hall–Kier alpha value is 0.390. The van der Waals surface area contributed by atoms with Crippen LogP contribution in [-0.4, -0.2) is 22.4 Å². The van der Waals surface area contributed by atoms with Crippen molar-refractivity contribution in [2.45, 2.75) is 39.9 Å². The largest absolute Gasteiger partial charge is 0.392 e. The fraction of sp³-hybridized carbons (Fsp3) is 0.818. The molecule has 0 radical (unpaired) electrons.